The maximum absolute atomic E-state index is 13.0. The minimum absolute atomic E-state index is 0.0125. The second-order valence-corrected chi connectivity index (χ2v) is 8.52. The third-order valence-corrected chi connectivity index (χ3v) is 5.87. The number of rotatable bonds is 5. The molecule has 3 aromatic heterocycles. The van der Waals surface area contributed by atoms with Gasteiger partial charge in [-0.2, -0.15) is 31.4 Å². The summed E-state index contributed by atoms with van der Waals surface area (Å²) in [6, 6.07) is 6.39. The molecule has 0 unspecified atom stereocenters. The summed E-state index contributed by atoms with van der Waals surface area (Å²) in [4.78, 5) is 23.7. The number of H-pyrrole nitrogens is 1. The van der Waals surface area contributed by atoms with Gasteiger partial charge < -0.3 is 21.4 Å². The predicted molar refractivity (Wildman–Crippen MR) is 125 cm³/mol. The van der Waals surface area contributed by atoms with E-state index in [1.54, 1.807) is 24.3 Å². The van der Waals surface area contributed by atoms with Crippen LogP contribution in [-0.2, 0) is 6.42 Å². The minimum atomic E-state index is -4.60. The summed E-state index contributed by atoms with van der Waals surface area (Å²) < 4.78 is 78.4. The van der Waals surface area contributed by atoms with Gasteiger partial charge in [0.25, 0.3) is 5.91 Å². The molecular formula is C23H18F6N8O. The highest BCUT2D eigenvalue weighted by Crippen LogP contribution is 2.36. The Labute approximate surface area is 209 Å². The first-order chi connectivity index (χ1) is 17.9. The van der Waals surface area contributed by atoms with Crippen molar-refractivity contribution in [3.05, 3.63) is 59.8 Å². The van der Waals surface area contributed by atoms with Crippen LogP contribution in [0.4, 0.5) is 43.8 Å². The van der Waals surface area contributed by atoms with Crippen LogP contribution >= 0.6 is 0 Å². The molecule has 0 saturated heterocycles. The zero-order valence-corrected chi connectivity index (χ0v) is 19.2. The summed E-state index contributed by atoms with van der Waals surface area (Å²) in [5, 5.41) is 8.80. The molecule has 4 aromatic rings. The molecule has 0 radical (unpaired) electrons. The topological polar surface area (TPSA) is 126 Å². The van der Waals surface area contributed by atoms with Crippen LogP contribution in [0.1, 0.15) is 21.7 Å². The summed E-state index contributed by atoms with van der Waals surface area (Å²) in [5.41, 5.74) is 8.04. The fourth-order valence-corrected chi connectivity index (χ4v) is 4.13. The van der Waals surface area contributed by atoms with Gasteiger partial charge in [-0.1, -0.05) is 18.2 Å². The van der Waals surface area contributed by atoms with Crippen LogP contribution in [0.2, 0.25) is 0 Å². The van der Waals surface area contributed by atoms with Gasteiger partial charge in [-0.05, 0) is 23.8 Å². The van der Waals surface area contributed by atoms with E-state index < -0.39 is 30.7 Å². The number of nitrogen functional groups attached to an aromatic ring is 1. The summed E-state index contributed by atoms with van der Waals surface area (Å²) in [6.45, 7) is -1.52. The molecule has 1 aliphatic carbocycles. The Bertz CT molecular complexity index is 1530. The monoisotopic (exact) mass is 536 g/mol. The van der Waals surface area contributed by atoms with Gasteiger partial charge >= 0.3 is 12.4 Å². The number of aromatic nitrogens is 5. The Morgan fingerprint density at radius 3 is 2.58 bits per heavy atom. The van der Waals surface area contributed by atoms with E-state index >= 15 is 0 Å². The lowest BCUT2D eigenvalue weighted by Gasteiger charge is -2.18. The Balaban J connectivity index is 1.42. The predicted octanol–water partition coefficient (Wildman–Crippen LogP) is 4.49. The molecule has 0 saturated carbocycles. The van der Waals surface area contributed by atoms with Crippen molar-refractivity contribution in [3.63, 3.8) is 0 Å². The quantitative estimate of drug-likeness (QED) is 0.279. The first-order valence-corrected chi connectivity index (χ1v) is 11.1. The van der Waals surface area contributed by atoms with Crippen molar-refractivity contribution >= 4 is 35.0 Å². The number of nitrogens with two attached hydrogens (primary N) is 1. The lowest BCUT2D eigenvalue weighted by molar-refractivity contribution is -0.160. The number of benzene rings is 1. The van der Waals surface area contributed by atoms with Gasteiger partial charge in [0.05, 0.1) is 17.2 Å². The fourth-order valence-electron chi connectivity index (χ4n) is 4.13. The number of fused-ring (bicyclic) bond motifs is 2. The maximum atomic E-state index is 13.0. The summed E-state index contributed by atoms with van der Waals surface area (Å²) in [6.07, 6.45) is -4.42. The molecule has 9 nitrogen and oxygen atoms in total. The number of carbonyl (C=O) groups is 1. The Morgan fingerprint density at radius 1 is 1.16 bits per heavy atom. The second-order valence-electron chi connectivity index (χ2n) is 8.52. The van der Waals surface area contributed by atoms with Crippen molar-refractivity contribution in [2.24, 2.45) is 5.92 Å². The summed E-state index contributed by atoms with van der Waals surface area (Å²) in [5.74, 6) is -2.33. The standard InChI is InChI=1S/C23H18F6N8O/c24-22(25,26)9-31-20(38)14-8-37-18(19(30)32-10-33-37)17(14)11-1-4-13(5-2-11)34-21-35-15-6-3-12(23(27,28)29)7-16(15)36-21/h1-6,8,10,12H,7,9H2,(H,31,38)(H2,30,32,33)(H2,34,35,36)/t12-/m1/s1. The number of alkyl halides is 6. The largest absolute Gasteiger partial charge is 0.405 e. The first-order valence-electron chi connectivity index (χ1n) is 11.1. The van der Waals surface area contributed by atoms with Crippen molar-refractivity contribution < 1.29 is 31.1 Å². The van der Waals surface area contributed by atoms with Gasteiger partial charge in [0.1, 0.15) is 18.4 Å². The van der Waals surface area contributed by atoms with E-state index in [1.807, 2.05) is 5.32 Å². The smallest absolute Gasteiger partial charge is 0.382 e. The molecular weight excluding hydrogens is 518 g/mol. The number of nitrogens with one attached hydrogen (secondary N) is 3. The number of halogens is 6. The fraction of sp³-hybridized carbons (Fsp3) is 0.217. The van der Waals surface area contributed by atoms with Gasteiger partial charge in [0, 0.05) is 29.6 Å². The number of carbonyl (C=O) groups excluding carboxylic acids is 1. The number of amides is 1. The third-order valence-electron chi connectivity index (χ3n) is 5.87. The van der Waals surface area contributed by atoms with Gasteiger partial charge in [-0.25, -0.2) is 14.5 Å². The number of allylic oxidation sites excluding steroid dienone is 1. The Morgan fingerprint density at radius 2 is 1.89 bits per heavy atom. The normalized spacial score (nSPS) is 15.5. The molecule has 0 bridgehead atoms. The molecule has 1 aliphatic rings. The summed E-state index contributed by atoms with van der Waals surface area (Å²) in [7, 11) is 0. The third kappa shape index (κ3) is 4.99. The number of hydrogen-bond acceptors (Lipinski definition) is 6. The van der Waals surface area contributed by atoms with Crippen LogP contribution in [0.15, 0.2) is 42.9 Å². The Hall–Kier alpha value is -4.56. The minimum Gasteiger partial charge on any atom is -0.382 e. The van der Waals surface area contributed by atoms with Crippen LogP contribution in [0.3, 0.4) is 0 Å². The molecule has 1 amide bonds. The van der Waals surface area contributed by atoms with Crippen LogP contribution in [-0.4, -0.2) is 49.4 Å². The van der Waals surface area contributed by atoms with Crippen molar-refractivity contribution in [1.82, 2.24) is 29.9 Å². The highest BCUT2D eigenvalue weighted by molar-refractivity contribution is 6.07. The van der Waals surface area contributed by atoms with E-state index in [2.05, 4.69) is 25.4 Å². The van der Waals surface area contributed by atoms with E-state index in [1.165, 1.54) is 16.8 Å². The Kier molecular flexibility index (Phi) is 6.00. The molecule has 198 valence electrons. The number of aromatic amines is 1. The lowest BCUT2D eigenvalue weighted by atomic mass is 9.96. The molecule has 1 aromatic carbocycles. The van der Waals surface area contributed by atoms with Gasteiger partial charge in [0.2, 0.25) is 5.95 Å². The molecule has 15 heteroatoms. The summed E-state index contributed by atoms with van der Waals surface area (Å²) >= 11 is 0. The van der Waals surface area contributed by atoms with Gasteiger partial charge in [-0.15, -0.1) is 0 Å². The maximum Gasteiger partial charge on any atom is 0.405 e. The number of imidazole rings is 1. The van der Waals surface area contributed by atoms with Crippen molar-refractivity contribution in [2.45, 2.75) is 18.8 Å². The number of anilines is 3. The van der Waals surface area contributed by atoms with Crippen LogP contribution < -0.4 is 16.4 Å². The van der Waals surface area contributed by atoms with Crippen LogP contribution in [0.5, 0.6) is 0 Å². The zero-order valence-electron chi connectivity index (χ0n) is 19.2. The molecule has 5 N–H and O–H groups in total. The number of nitrogens with zero attached hydrogens (tertiary/aromatic N) is 4. The molecule has 38 heavy (non-hydrogen) atoms. The molecule has 3 heterocycles. The highest BCUT2D eigenvalue weighted by Gasteiger charge is 2.40. The second kappa shape index (κ2) is 9.08. The zero-order chi connectivity index (χ0) is 27.2. The van der Waals surface area contributed by atoms with E-state index in [-0.39, 0.29) is 34.8 Å². The van der Waals surface area contributed by atoms with E-state index in [9.17, 15) is 31.1 Å². The van der Waals surface area contributed by atoms with Gasteiger partial charge in [-0.3, -0.25) is 4.79 Å². The van der Waals surface area contributed by atoms with Crippen LogP contribution in [0.25, 0.3) is 22.7 Å². The van der Waals surface area contributed by atoms with E-state index in [4.69, 9.17) is 5.73 Å². The molecule has 0 aliphatic heterocycles. The van der Waals surface area contributed by atoms with E-state index in [0.29, 0.717) is 22.6 Å². The SMILES string of the molecule is Nc1ncnn2cc(C(=O)NCC(F)(F)F)c(-c3ccc(Nc4nc5c([nH]4)C[C@H](C(F)(F)F)C=C5)cc3)c12. The van der Waals surface area contributed by atoms with Crippen molar-refractivity contribution in [1.29, 1.82) is 0 Å². The highest BCUT2D eigenvalue weighted by atomic mass is 19.4. The van der Waals surface area contributed by atoms with Crippen molar-refractivity contribution in [3.8, 4) is 11.1 Å². The number of hydrogen-bond donors (Lipinski definition) is 4. The first kappa shape index (κ1) is 25.1. The molecule has 0 fully saturated rings. The van der Waals surface area contributed by atoms with Gasteiger partial charge in [0.15, 0.2) is 5.82 Å². The van der Waals surface area contributed by atoms with E-state index in [0.717, 1.165) is 12.4 Å². The lowest BCUT2D eigenvalue weighted by Crippen LogP contribution is -2.33. The van der Waals surface area contributed by atoms with Crippen molar-refractivity contribution in [2.75, 3.05) is 17.6 Å². The average molecular weight is 536 g/mol. The average Bonchev–Trinajstić information content (AvgIpc) is 3.43. The molecule has 5 rings (SSSR count). The molecule has 1 atom stereocenters. The van der Waals surface area contributed by atoms with Crippen LogP contribution in [0, 0.1) is 5.92 Å². The molecule has 0 spiro atoms.